The summed E-state index contributed by atoms with van der Waals surface area (Å²) >= 11 is 5.77. The lowest BCUT2D eigenvalue weighted by Gasteiger charge is -2.05. The molecule has 0 fully saturated rings. The Morgan fingerprint density at radius 3 is 2.38 bits per heavy atom. The highest BCUT2D eigenvalue weighted by Crippen LogP contribution is 2.11. The minimum absolute atomic E-state index is 0.0729. The fraction of sp³-hybridized carbons (Fsp3) is 0.500. The molecule has 1 amide bonds. The van der Waals surface area contributed by atoms with Crippen LogP contribution in [0, 0.1) is 0 Å². The molecule has 5 nitrogen and oxygen atoms in total. The summed E-state index contributed by atoms with van der Waals surface area (Å²) in [6, 6.07) is 6.63. The number of benzene rings is 1. The Balaban J connectivity index is 2.08. The number of carbonyl (C=O) groups excluding carboxylic acids is 3. The Kier molecular flexibility index (Phi) is 9.77. The van der Waals surface area contributed by atoms with E-state index >= 15 is 0 Å². The number of unbranched alkanes of at least 4 members (excludes halogenated alkanes) is 2. The molecule has 0 bridgehead atoms. The van der Waals surface area contributed by atoms with Crippen LogP contribution in [0.5, 0.6) is 0 Å². The third-order valence-corrected chi connectivity index (χ3v) is 3.68. The van der Waals surface area contributed by atoms with Crippen LogP contribution in [0.3, 0.4) is 0 Å². The number of Topliss-reactive ketones (excluding diaryl/α,β-unsaturated/α-hetero) is 1. The average Bonchev–Trinajstić information content (AvgIpc) is 2.56. The summed E-state index contributed by atoms with van der Waals surface area (Å²) in [5, 5.41) is 3.36. The molecule has 1 rings (SSSR count). The predicted molar refractivity (Wildman–Crippen MR) is 93.1 cm³/mol. The van der Waals surface area contributed by atoms with Gasteiger partial charge in [-0.05, 0) is 44.0 Å². The lowest BCUT2D eigenvalue weighted by Crippen LogP contribution is -2.24. The monoisotopic (exact) mass is 353 g/mol. The Bertz CT molecular complexity index is 542. The molecule has 6 heteroatoms. The fourth-order valence-electron chi connectivity index (χ4n) is 2.13. The van der Waals surface area contributed by atoms with Gasteiger partial charge in [-0.15, -0.1) is 0 Å². The van der Waals surface area contributed by atoms with Crippen molar-refractivity contribution >= 4 is 29.3 Å². The van der Waals surface area contributed by atoms with Crippen LogP contribution < -0.4 is 5.32 Å². The Morgan fingerprint density at radius 2 is 1.71 bits per heavy atom. The van der Waals surface area contributed by atoms with E-state index in [1.165, 1.54) is 0 Å². The van der Waals surface area contributed by atoms with E-state index < -0.39 is 0 Å². The molecule has 0 aliphatic heterocycles. The first-order chi connectivity index (χ1) is 11.5. The van der Waals surface area contributed by atoms with Gasteiger partial charge in [-0.1, -0.05) is 18.0 Å². The largest absolute Gasteiger partial charge is 0.466 e. The molecular formula is C18H24ClNO4. The van der Waals surface area contributed by atoms with Gasteiger partial charge in [0.05, 0.1) is 6.61 Å². The minimum Gasteiger partial charge on any atom is -0.466 e. The van der Waals surface area contributed by atoms with Crippen molar-refractivity contribution < 1.29 is 19.1 Å². The SMILES string of the molecule is CCOC(=O)CCCCCNC(=O)CCC(=O)c1ccc(Cl)cc1. The molecule has 0 aromatic heterocycles. The zero-order chi connectivity index (χ0) is 17.8. The van der Waals surface area contributed by atoms with Gasteiger partial charge < -0.3 is 10.1 Å². The second kappa shape index (κ2) is 11.6. The quantitative estimate of drug-likeness (QED) is 0.375. The molecule has 0 heterocycles. The first-order valence-corrected chi connectivity index (χ1v) is 8.61. The van der Waals surface area contributed by atoms with Gasteiger partial charge in [-0.3, -0.25) is 14.4 Å². The highest BCUT2D eigenvalue weighted by molar-refractivity contribution is 6.30. The van der Waals surface area contributed by atoms with Crippen LogP contribution in [-0.2, 0) is 14.3 Å². The Labute approximate surface area is 147 Å². The standard InChI is InChI=1S/C18H24ClNO4/c1-2-24-18(23)6-4-3-5-13-20-17(22)12-11-16(21)14-7-9-15(19)10-8-14/h7-10H,2-6,11-13H2,1H3,(H,20,22). The molecule has 1 aromatic carbocycles. The van der Waals surface area contributed by atoms with E-state index in [0.717, 1.165) is 19.3 Å². The molecule has 0 spiro atoms. The Morgan fingerprint density at radius 1 is 1.00 bits per heavy atom. The molecule has 0 unspecified atom stereocenters. The molecule has 132 valence electrons. The summed E-state index contributed by atoms with van der Waals surface area (Å²) < 4.78 is 4.84. The number of carbonyl (C=O) groups is 3. The summed E-state index contributed by atoms with van der Waals surface area (Å²) in [5.74, 6) is -0.388. The van der Waals surface area contributed by atoms with Crippen LogP contribution >= 0.6 is 11.6 Å². The molecular weight excluding hydrogens is 330 g/mol. The molecule has 0 saturated carbocycles. The van der Waals surface area contributed by atoms with Crippen molar-refractivity contribution in [1.29, 1.82) is 0 Å². The third-order valence-electron chi connectivity index (χ3n) is 3.43. The number of ether oxygens (including phenoxy) is 1. The van der Waals surface area contributed by atoms with Gasteiger partial charge in [0, 0.05) is 36.4 Å². The summed E-state index contributed by atoms with van der Waals surface area (Å²) in [6.07, 6.45) is 3.17. The van der Waals surface area contributed by atoms with Crippen LogP contribution in [0.1, 0.15) is 55.8 Å². The maximum absolute atomic E-state index is 11.9. The molecule has 0 atom stereocenters. The topological polar surface area (TPSA) is 72.5 Å². The number of halogens is 1. The summed E-state index contributed by atoms with van der Waals surface area (Å²) in [5.41, 5.74) is 0.561. The normalized spacial score (nSPS) is 10.2. The van der Waals surface area contributed by atoms with E-state index in [2.05, 4.69) is 5.32 Å². The van der Waals surface area contributed by atoms with E-state index in [4.69, 9.17) is 16.3 Å². The number of hydrogen-bond acceptors (Lipinski definition) is 4. The van der Waals surface area contributed by atoms with Crippen molar-refractivity contribution in [2.75, 3.05) is 13.2 Å². The fourth-order valence-corrected chi connectivity index (χ4v) is 2.25. The van der Waals surface area contributed by atoms with E-state index in [1.54, 1.807) is 31.2 Å². The lowest BCUT2D eigenvalue weighted by molar-refractivity contribution is -0.143. The smallest absolute Gasteiger partial charge is 0.305 e. The summed E-state index contributed by atoms with van der Waals surface area (Å²) in [4.78, 5) is 34.8. The molecule has 0 radical (unpaired) electrons. The number of esters is 1. The predicted octanol–water partition coefficient (Wildman–Crippen LogP) is 3.54. The zero-order valence-electron chi connectivity index (χ0n) is 14.0. The van der Waals surface area contributed by atoms with Crippen LogP contribution in [0.4, 0.5) is 0 Å². The molecule has 0 aliphatic carbocycles. The van der Waals surface area contributed by atoms with Crippen LogP contribution in [0.15, 0.2) is 24.3 Å². The van der Waals surface area contributed by atoms with Gasteiger partial charge in [-0.2, -0.15) is 0 Å². The van der Waals surface area contributed by atoms with E-state index in [9.17, 15) is 14.4 Å². The van der Waals surface area contributed by atoms with Gasteiger partial charge in [0.1, 0.15) is 0 Å². The molecule has 24 heavy (non-hydrogen) atoms. The van der Waals surface area contributed by atoms with E-state index in [0.29, 0.717) is 30.2 Å². The summed E-state index contributed by atoms with van der Waals surface area (Å²) in [6.45, 7) is 2.74. The maximum Gasteiger partial charge on any atom is 0.305 e. The van der Waals surface area contributed by atoms with Crippen molar-refractivity contribution in [3.05, 3.63) is 34.9 Å². The van der Waals surface area contributed by atoms with Crippen molar-refractivity contribution in [3.8, 4) is 0 Å². The first kappa shape index (κ1) is 20.2. The van der Waals surface area contributed by atoms with Crippen LogP contribution in [0.2, 0.25) is 5.02 Å². The van der Waals surface area contributed by atoms with Gasteiger partial charge in [-0.25, -0.2) is 0 Å². The third kappa shape index (κ3) is 8.67. The Hall–Kier alpha value is -1.88. The maximum atomic E-state index is 11.9. The zero-order valence-corrected chi connectivity index (χ0v) is 14.7. The lowest BCUT2D eigenvalue weighted by atomic mass is 10.1. The number of rotatable bonds is 11. The minimum atomic E-state index is -0.178. The highest BCUT2D eigenvalue weighted by Gasteiger charge is 2.09. The van der Waals surface area contributed by atoms with Crippen molar-refractivity contribution in [2.24, 2.45) is 0 Å². The first-order valence-electron chi connectivity index (χ1n) is 8.24. The number of nitrogens with one attached hydrogen (secondary N) is 1. The second-order valence-electron chi connectivity index (χ2n) is 5.40. The average molecular weight is 354 g/mol. The highest BCUT2D eigenvalue weighted by atomic mass is 35.5. The number of amides is 1. The van der Waals surface area contributed by atoms with E-state index in [1.807, 2.05) is 0 Å². The molecule has 1 aromatic rings. The molecule has 0 saturated heterocycles. The van der Waals surface area contributed by atoms with Gasteiger partial charge in [0.25, 0.3) is 0 Å². The van der Waals surface area contributed by atoms with E-state index in [-0.39, 0.29) is 30.5 Å². The number of ketones is 1. The van der Waals surface area contributed by atoms with Crippen LogP contribution in [0.25, 0.3) is 0 Å². The van der Waals surface area contributed by atoms with Gasteiger partial charge in [0.2, 0.25) is 5.91 Å². The van der Waals surface area contributed by atoms with Crippen molar-refractivity contribution in [1.82, 2.24) is 5.32 Å². The van der Waals surface area contributed by atoms with Crippen molar-refractivity contribution in [3.63, 3.8) is 0 Å². The number of hydrogen-bond donors (Lipinski definition) is 1. The molecule has 1 N–H and O–H groups in total. The molecule has 0 aliphatic rings. The second-order valence-corrected chi connectivity index (χ2v) is 5.83. The van der Waals surface area contributed by atoms with Gasteiger partial charge >= 0.3 is 5.97 Å². The van der Waals surface area contributed by atoms with Crippen LogP contribution in [-0.4, -0.2) is 30.8 Å². The van der Waals surface area contributed by atoms with Gasteiger partial charge in [0.15, 0.2) is 5.78 Å². The summed E-state index contributed by atoms with van der Waals surface area (Å²) in [7, 11) is 0. The van der Waals surface area contributed by atoms with Crippen molar-refractivity contribution in [2.45, 2.75) is 45.4 Å².